The molecule has 0 radical (unpaired) electrons. The van der Waals surface area contributed by atoms with E-state index in [-0.39, 0.29) is 11.5 Å². The number of benzene rings is 1. The van der Waals surface area contributed by atoms with Crippen LogP contribution in [-0.2, 0) is 0 Å². The summed E-state index contributed by atoms with van der Waals surface area (Å²) in [6.07, 6.45) is 1.52. The minimum atomic E-state index is -1.03. The van der Waals surface area contributed by atoms with E-state index in [0.717, 1.165) is 12.1 Å². The van der Waals surface area contributed by atoms with Gasteiger partial charge in [-0.2, -0.15) is 0 Å². The van der Waals surface area contributed by atoms with Gasteiger partial charge in [-0.1, -0.05) is 23.2 Å². The van der Waals surface area contributed by atoms with Gasteiger partial charge in [-0.3, -0.25) is 4.79 Å². The molecule has 0 saturated carbocycles. The fraction of sp³-hybridized carbons (Fsp3) is 0.250. The third kappa shape index (κ3) is 3.44. The first kappa shape index (κ1) is 16.9. The molecule has 1 fully saturated rings. The van der Waals surface area contributed by atoms with Crippen molar-refractivity contribution in [3.05, 3.63) is 57.7 Å². The molecule has 8 heteroatoms. The van der Waals surface area contributed by atoms with Crippen LogP contribution < -0.4 is 4.90 Å². The average molecular weight is 372 g/mol. The molecule has 3 rings (SSSR count). The molecule has 1 aliphatic rings. The highest BCUT2D eigenvalue weighted by Gasteiger charge is 2.24. The van der Waals surface area contributed by atoms with Gasteiger partial charge in [0.1, 0.15) is 5.82 Å². The predicted molar refractivity (Wildman–Crippen MR) is 88.7 cm³/mol. The van der Waals surface area contributed by atoms with E-state index in [1.54, 1.807) is 11.0 Å². The minimum Gasteiger partial charge on any atom is -0.352 e. The van der Waals surface area contributed by atoms with Crippen molar-refractivity contribution in [1.29, 1.82) is 0 Å². The van der Waals surface area contributed by atoms with Crippen LogP contribution in [0.15, 0.2) is 30.5 Å². The number of hydrogen-bond donors (Lipinski definition) is 0. The van der Waals surface area contributed by atoms with Crippen molar-refractivity contribution in [2.24, 2.45) is 0 Å². The van der Waals surface area contributed by atoms with E-state index < -0.39 is 11.6 Å². The Morgan fingerprint density at radius 3 is 2.38 bits per heavy atom. The van der Waals surface area contributed by atoms with E-state index in [2.05, 4.69) is 4.98 Å². The zero-order valence-electron chi connectivity index (χ0n) is 12.5. The molecule has 24 heavy (non-hydrogen) atoms. The molecule has 0 atom stereocenters. The summed E-state index contributed by atoms with van der Waals surface area (Å²) < 4.78 is 26.3. The first-order valence-electron chi connectivity index (χ1n) is 7.26. The Morgan fingerprint density at radius 1 is 1.04 bits per heavy atom. The van der Waals surface area contributed by atoms with Crippen molar-refractivity contribution in [1.82, 2.24) is 9.88 Å². The maximum absolute atomic E-state index is 13.3. The van der Waals surface area contributed by atoms with Gasteiger partial charge < -0.3 is 9.80 Å². The molecule has 0 spiro atoms. The standard InChI is InChI=1S/C16H13Cl2F2N3O/c17-11-8-12(18)15(21-9-11)22-3-5-23(6-4-22)16(24)10-1-2-13(19)14(20)7-10/h1-2,7-9H,3-6H2. The topological polar surface area (TPSA) is 36.4 Å². The van der Waals surface area contributed by atoms with Gasteiger partial charge in [-0.05, 0) is 24.3 Å². The van der Waals surface area contributed by atoms with Crippen LogP contribution in [0.3, 0.4) is 0 Å². The van der Waals surface area contributed by atoms with Gasteiger partial charge >= 0.3 is 0 Å². The number of anilines is 1. The van der Waals surface area contributed by atoms with Gasteiger partial charge in [0.25, 0.3) is 5.91 Å². The van der Waals surface area contributed by atoms with Crippen LogP contribution >= 0.6 is 23.2 Å². The molecule has 0 N–H and O–H groups in total. The van der Waals surface area contributed by atoms with Crippen molar-refractivity contribution in [3.63, 3.8) is 0 Å². The number of halogens is 4. The molecule has 0 unspecified atom stereocenters. The van der Waals surface area contributed by atoms with Crippen molar-refractivity contribution < 1.29 is 13.6 Å². The van der Waals surface area contributed by atoms with Crippen molar-refractivity contribution in [2.75, 3.05) is 31.1 Å². The molecule has 0 aliphatic carbocycles. The summed E-state index contributed by atoms with van der Waals surface area (Å²) in [6.45, 7) is 1.92. The molecule has 1 saturated heterocycles. The molecular weight excluding hydrogens is 359 g/mol. The third-order valence-corrected chi connectivity index (χ3v) is 4.31. The minimum absolute atomic E-state index is 0.130. The molecular formula is C16H13Cl2F2N3O. The van der Waals surface area contributed by atoms with Crippen LogP contribution in [0.2, 0.25) is 10.0 Å². The van der Waals surface area contributed by atoms with Crippen LogP contribution in [0.4, 0.5) is 14.6 Å². The number of pyridine rings is 1. The number of hydrogen-bond acceptors (Lipinski definition) is 3. The lowest BCUT2D eigenvalue weighted by molar-refractivity contribution is 0.0746. The highest BCUT2D eigenvalue weighted by molar-refractivity contribution is 6.36. The van der Waals surface area contributed by atoms with Crippen molar-refractivity contribution in [3.8, 4) is 0 Å². The third-order valence-electron chi connectivity index (χ3n) is 3.82. The van der Waals surface area contributed by atoms with Crippen LogP contribution in [0, 0.1) is 11.6 Å². The maximum atomic E-state index is 13.3. The SMILES string of the molecule is O=C(c1ccc(F)c(F)c1)N1CCN(c2ncc(Cl)cc2Cl)CC1. The molecule has 2 heterocycles. The lowest BCUT2D eigenvalue weighted by atomic mass is 10.1. The molecule has 1 aromatic heterocycles. The largest absolute Gasteiger partial charge is 0.352 e. The Morgan fingerprint density at radius 2 is 1.75 bits per heavy atom. The van der Waals surface area contributed by atoms with E-state index in [1.165, 1.54) is 12.3 Å². The Kier molecular flexibility index (Phi) is 4.87. The summed E-state index contributed by atoms with van der Waals surface area (Å²) >= 11 is 12.0. The number of carbonyl (C=O) groups excluding carboxylic acids is 1. The second-order valence-electron chi connectivity index (χ2n) is 5.37. The Hall–Kier alpha value is -1.92. The van der Waals surface area contributed by atoms with E-state index >= 15 is 0 Å². The number of carbonyl (C=O) groups is 1. The number of rotatable bonds is 2. The second kappa shape index (κ2) is 6.91. The zero-order chi connectivity index (χ0) is 17.3. The van der Waals surface area contributed by atoms with E-state index in [0.29, 0.717) is 42.0 Å². The van der Waals surface area contributed by atoms with Crippen LogP contribution in [0.5, 0.6) is 0 Å². The highest BCUT2D eigenvalue weighted by atomic mass is 35.5. The molecule has 1 aliphatic heterocycles. The van der Waals surface area contributed by atoms with E-state index in [4.69, 9.17) is 23.2 Å². The zero-order valence-corrected chi connectivity index (χ0v) is 14.0. The van der Waals surface area contributed by atoms with E-state index in [9.17, 15) is 13.6 Å². The van der Waals surface area contributed by atoms with Gasteiger partial charge in [0.15, 0.2) is 11.6 Å². The number of amides is 1. The number of nitrogens with zero attached hydrogens (tertiary/aromatic N) is 3. The summed E-state index contributed by atoms with van der Waals surface area (Å²) in [5.41, 5.74) is 0.130. The van der Waals surface area contributed by atoms with Gasteiger partial charge in [0, 0.05) is 37.9 Å². The highest BCUT2D eigenvalue weighted by Crippen LogP contribution is 2.27. The summed E-state index contributed by atoms with van der Waals surface area (Å²) in [7, 11) is 0. The van der Waals surface area contributed by atoms with Gasteiger partial charge in [0.2, 0.25) is 0 Å². The van der Waals surface area contributed by atoms with Gasteiger partial charge in [-0.25, -0.2) is 13.8 Å². The van der Waals surface area contributed by atoms with Crippen LogP contribution in [-0.4, -0.2) is 42.0 Å². The number of aromatic nitrogens is 1. The quantitative estimate of drug-likeness (QED) is 0.808. The summed E-state index contributed by atoms with van der Waals surface area (Å²) in [4.78, 5) is 20.1. The smallest absolute Gasteiger partial charge is 0.254 e. The maximum Gasteiger partial charge on any atom is 0.254 e. The molecule has 0 bridgehead atoms. The Labute approximate surface area is 147 Å². The van der Waals surface area contributed by atoms with E-state index in [1.807, 2.05) is 4.90 Å². The monoisotopic (exact) mass is 371 g/mol. The second-order valence-corrected chi connectivity index (χ2v) is 6.21. The predicted octanol–water partition coefficient (Wildman–Crippen LogP) is 3.63. The average Bonchev–Trinajstić information content (AvgIpc) is 2.57. The molecule has 2 aromatic rings. The first-order valence-corrected chi connectivity index (χ1v) is 8.01. The van der Waals surface area contributed by atoms with Gasteiger partial charge in [-0.15, -0.1) is 0 Å². The summed E-state index contributed by atoms with van der Waals surface area (Å²) in [5, 5.41) is 0.902. The summed E-state index contributed by atoms with van der Waals surface area (Å²) in [6, 6.07) is 4.77. The normalized spacial score (nSPS) is 14.8. The summed E-state index contributed by atoms with van der Waals surface area (Å²) in [5.74, 6) is -1.72. The number of piperazine rings is 1. The lowest BCUT2D eigenvalue weighted by Crippen LogP contribution is -2.49. The molecule has 4 nitrogen and oxygen atoms in total. The Balaban J connectivity index is 1.68. The van der Waals surface area contributed by atoms with Crippen LogP contribution in [0.25, 0.3) is 0 Å². The van der Waals surface area contributed by atoms with Crippen molar-refractivity contribution >= 4 is 34.9 Å². The van der Waals surface area contributed by atoms with Crippen molar-refractivity contribution in [2.45, 2.75) is 0 Å². The fourth-order valence-electron chi connectivity index (χ4n) is 2.57. The Bertz CT molecular complexity index is 780. The fourth-order valence-corrected chi connectivity index (χ4v) is 3.07. The first-order chi connectivity index (χ1) is 11.5. The molecule has 1 amide bonds. The van der Waals surface area contributed by atoms with Crippen LogP contribution in [0.1, 0.15) is 10.4 Å². The van der Waals surface area contributed by atoms with Gasteiger partial charge in [0.05, 0.1) is 10.0 Å². The molecule has 126 valence electrons. The molecule has 1 aromatic carbocycles. The lowest BCUT2D eigenvalue weighted by Gasteiger charge is -2.35.